The van der Waals surface area contributed by atoms with Crippen molar-refractivity contribution in [2.24, 2.45) is 5.73 Å². The molecule has 0 unspecified atom stereocenters. The molecule has 1 rings (SSSR count). The van der Waals surface area contributed by atoms with E-state index in [4.69, 9.17) is 15.2 Å². The Hall–Kier alpha value is -0.740. The predicted octanol–water partition coefficient (Wildman–Crippen LogP) is 3.14. The molecule has 1 aromatic carbocycles. The monoisotopic (exact) mass is 301 g/mol. The second-order valence-corrected chi connectivity index (χ2v) is 5.70. The summed E-state index contributed by atoms with van der Waals surface area (Å²) in [5, 5.41) is 0. The average Bonchev–Trinajstić information content (AvgIpc) is 2.21. The number of benzene rings is 1. The fraction of sp³-hybridized carbons (Fsp3) is 0.538. The Balaban J connectivity index is 3.10. The number of methoxy groups -OCH3 is 1. The van der Waals surface area contributed by atoms with Crippen LogP contribution in [-0.4, -0.2) is 19.3 Å². The lowest BCUT2D eigenvalue weighted by Gasteiger charge is -2.23. The van der Waals surface area contributed by atoms with Gasteiger partial charge in [0.05, 0.1) is 11.6 Å². The molecule has 4 heteroatoms. The summed E-state index contributed by atoms with van der Waals surface area (Å²) in [4.78, 5) is 0. The molecule has 96 valence electrons. The fourth-order valence-corrected chi connectivity index (χ4v) is 1.93. The molecular formula is C13H20BrNO2. The molecule has 0 heterocycles. The van der Waals surface area contributed by atoms with E-state index >= 15 is 0 Å². The van der Waals surface area contributed by atoms with Crippen LogP contribution >= 0.6 is 15.9 Å². The third-order valence-corrected chi connectivity index (χ3v) is 2.78. The smallest absolute Gasteiger partial charge is 0.134 e. The topological polar surface area (TPSA) is 44.5 Å². The first-order chi connectivity index (χ1) is 7.87. The molecule has 0 spiro atoms. The number of hydrogen-bond acceptors (Lipinski definition) is 3. The van der Waals surface area contributed by atoms with Crippen molar-refractivity contribution in [3.63, 3.8) is 0 Å². The van der Waals surface area contributed by atoms with Crippen molar-refractivity contribution in [1.29, 1.82) is 0 Å². The van der Waals surface area contributed by atoms with Crippen molar-refractivity contribution in [1.82, 2.24) is 0 Å². The summed E-state index contributed by atoms with van der Waals surface area (Å²) in [5.74, 6) is 1.66. The van der Waals surface area contributed by atoms with E-state index in [1.165, 1.54) is 0 Å². The van der Waals surface area contributed by atoms with Crippen LogP contribution in [0.25, 0.3) is 0 Å². The maximum atomic E-state index is 5.88. The summed E-state index contributed by atoms with van der Waals surface area (Å²) in [6, 6.07) is 3.91. The van der Waals surface area contributed by atoms with Crippen molar-refractivity contribution in [3.8, 4) is 11.5 Å². The Labute approximate surface area is 111 Å². The molecular weight excluding hydrogens is 282 g/mol. The van der Waals surface area contributed by atoms with Crippen molar-refractivity contribution < 1.29 is 9.47 Å². The summed E-state index contributed by atoms with van der Waals surface area (Å²) >= 11 is 3.49. The van der Waals surface area contributed by atoms with Crippen LogP contribution in [0.3, 0.4) is 0 Å². The molecule has 0 radical (unpaired) electrons. The maximum absolute atomic E-state index is 5.88. The maximum Gasteiger partial charge on any atom is 0.134 e. The van der Waals surface area contributed by atoms with Crippen LogP contribution in [0.1, 0.15) is 26.3 Å². The quantitative estimate of drug-likeness (QED) is 0.929. The molecule has 0 saturated carbocycles. The van der Waals surface area contributed by atoms with Crippen molar-refractivity contribution in [3.05, 3.63) is 22.2 Å². The van der Waals surface area contributed by atoms with E-state index in [0.717, 1.165) is 28.0 Å². The molecule has 0 atom stereocenters. The summed E-state index contributed by atoms with van der Waals surface area (Å²) in [5.41, 5.74) is 6.43. The molecule has 1 aromatic rings. The normalized spacial score (nSPS) is 11.4. The minimum Gasteiger partial charge on any atom is -0.496 e. The van der Waals surface area contributed by atoms with Crippen LogP contribution in [0.5, 0.6) is 11.5 Å². The zero-order valence-electron chi connectivity index (χ0n) is 10.8. The van der Waals surface area contributed by atoms with Crippen LogP contribution in [0.15, 0.2) is 16.6 Å². The van der Waals surface area contributed by atoms with E-state index in [-0.39, 0.29) is 5.60 Å². The zero-order valence-corrected chi connectivity index (χ0v) is 12.4. The van der Waals surface area contributed by atoms with Crippen LogP contribution in [-0.2, 0) is 6.42 Å². The van der Waals surface area contributed by atoms with Crippen LogP contribution in [0, 0.1) is 0 Å². The summed E-state index contributed by atoms with van der Waals surface area (Å²) in [6.07, 6.45) is 0.775. The van der Waals surface area contributed by atoms with Gasteiger partial charge in [-0.05, 0) is 67.4 Å². The van der Waals surface area contributed by atoms with Gasteiger partial charge < -0.3 is 15.2 Å². The number of rotatable bonds is 4. The molecule has 0 saturated heterocycles. The first kappa shape index (κ1) is 14.3. The Bertz CT molecular complexity index is 386. The second-order valence-electron chi connectivity index (χ2n) is 4.85. The van der Waals surface area contributed by atoms with Crippen molar-refractivity contribution in [2.75, 3.05) is 13.7 Å². The highest BCUT2D eigenvalue weighted by Crippen LogP contribution is 2.34. The number of halogens is 1. The number of hydrogen-bond donors (Lipinski definition) is 1. The Morgan fingerprint density at radius 2 is 1.88 bits per heavy atom. The van der Waals surface area contributed by atoms with Gasteiger partial charge >= 0.3 is 0 Å². The van der Waals surface area contributed by atoms with Gasteiger partial charge in [-0.2, -0.15) is 0 Å². The lowest BCUT2D eigenvalue weighted by atomic mass is 10.1. The molecule has 0 bridgehead atoms. The van der Waals surface area contributed by atoms with Gasteiger partial charge in [0, 0.05) is 0 Å². The number of ether oxygens (including phenoxy) is 2. The fourth-order valence-electron chi connectivity index (χ4n) is 1.53. The highest BCUT2D eigenvalue weighted by molar-refractivity contribution is 9.10. The molecule has 0 amide bonds. The number of nitrogens with two attached hydrogens (primary N) is 1. The van der Waals surface area contributed by atoms with E-state index < -0.39 is 0 Å². The van der Waals surface area contributed by atoms with E-state index in [1.807, 2.05) is 32.9 Å². The first-order valence-electron chi connectivity index (χ1n) is 5.63. The third kappa shape index (κ3) is 4.21. The summed E-state index contributed by atoms with van der Waals surface area (Å²) in [6.45, 7) is 6.65. The Morgan fingerprint density at radius 1 is 1.24 bits per heavy atom. The zero-order chi connectivity index (χ0) is 13.1. The molecule has 3 nitrogen and oxygen atoms in total. The summed E-state index contributed by atoms with van der Waals surface area (Å²) < 4.78 is 12.1. The highest BCUT2D eigenvalue weighted by Gasteiger charge is 2.16. The molecule has 2 N–H and O–H groups in total. The van der Waals surface area contributed by atoms with Crippen LogP contribution in [0.2, 0.25) is 0 Å². The minimum absolute atomic E-state index is 0.225. The van der Waals surface area contributed by atoms with Gasteiger partial charge in [-0.25, -0.2) is 0 Å². The molecule has 0 aromatic heterocycles. The van der Waals surface area contributed by atoms with Gasteiger partial charge in [0.25, 0.3) is 0 Å². The summed E-state index contributed by atoms with van der Waals surface area (Å²) in [7, 11) is 1.66. The van der Waals surface area contributed by atoms with Gasteiger partial charge in [-0.15, -0.1) is 0 Å². The average molecular weight is 302 g/mol. The van der Waals surface area contributed by atoms with Gasteiger partial charge in [0.2, 0.25) is 0 Å². The molecule has 0 fully saturated rings. The van der Waals surface area contributed by atoms with Crippen molar-refractivity contribution >= 4 is 15.9 Å². The third-order valence-electron chi connectivity index (χ3n) is 2.16. The lowest BCUT2D eigenvalue weighted by molar-refractivity contribution is 0.129. The SMILES string of the molecule is COc1cc(Br)c(OC(C)(C)C)cc1CCN. The van der Waals surface area contributed by atoms with E-state index in [0.29, 0.717) is 6.54 Å². The van der Waals surface area contributed by atoms with Gasteiger partial charge in [0.1, 0.15) is 17.1 Å². The molecule has 0 aliphatic rings. The highest BCUT2D eigenvalue weighted by atomic mass is 79.9. The predicted molar refractivity (Wildman–Crippen MR) is 73.8 cm³/mol. The standard InChI is InChI=1S/C13H20BrNO2/c1-13(2,3)17-12-7-9(5-6-15)11(16-4)8-10(12)14/h7-8H,5-6,15H2,1-4H3. The Morgan fingerprint density at radius 3 is 2.35 bits per heavy atom. The van der Waals surface area contributed by atoms with E-state index in [1.54, 1.807) is 7.11 Å². The van der Waals surface area contributed by atoms with E-state index in [9.17, 15) is 0 Å². The van der Waals surface area contributed by atoms with E-state index in [2.05, 4.69) is 15.9 Å². The van der Waals surface area contributed by atoms with Gasteiger partial charge in [-0.1, -0.05) is 0 Å². The molecule has 0 aliphatic carbocycles. The largest absolute Gasteiger partial charge is 0.496 e. The van der Waals surface area contributed by atoms with Gasteiger partial charge in [0.15, 0.2) is 0 Å². The van der Waals surface area contributed by atoms with Crippen LogP contribution in [0.4, 0.5) is 0 Å². The van der Waals surface area contributed by atoms with Gasteiger partial charge in [-0.3, -0.25) is 0 Å². The lowest BCUT2D eigenvalue weighted by Crippen LogP contribution is -2.23. The van der Waals surface area contributed by atoms with Crippen molar-refractivity contribution in [2.45, 2.75) is 32.8 Å². The second kappa shape index (κ2) is 5.74. The minimum atomic E-state index is -0.225. The molecule has 0 aliphatic heterocycles. The first-order valence-corrected chi connectivity index (χ1v) is 6.42. The molecule has 17 heavy (non-hydrogen) atoms. The van der Waals surface area contributed by atoms with Crippen LogP contribution < -0.4 is 15.2 Å². The Kier molecular flexibility index (Phi) is 4.83.